The van der Waals surface area contributed by atoms with Gasteiger partial charge in [-0.25, -0.2) is 9.59 Å². The van der Waals surface area contributed by atoms with E-state index in [0.717, 1.165) is 0 Å². The van der Waals surface area contributed by atoms with Gasteiger partial charge in [0.25, 0.3) is 0 Å². The molecule has 0 fully saturated rings. The van der Waals surface area contributed by atoms with Crippen LogP contribution in [0.15, 0.2) is 0 Å². The summed E-state index contributed by atoms with van der Waals surface area (Å²) in [6.45, 7) is 3.66. The summed E-state index contributed by atoms with van der Waals surface area (Å²) >= 11 is 0. The molecule has 0 aromatic carbocycles. The Kier molecular flexibility index (Phi) is 8.27. The first-order valence-electron chi connectivity index (χ1n) is 6.01. The second-order valence-corrected chi connectivity index (χ2v) is 4.12. The molecule has 8 nitrogen and oxygen atoms in total. The first kappa shape index (κ1) is 17.2. The molecule has 0 aliphatic carbocycles. The Bertz CT molecular complexity index is 321. The van der Waals surface area contributed by atoms with E-state index in [1.54, 1.807) is 6.92 Å². The summed E-state index contributed by atoms with van der Waals surface area (Å²) in [6, 6.07) is -1.52. The van der Waals surface area contributed by atoms with Crippen molar-refractivity contribution >= 4 is 17.9 Å². The fraction of sp³-hybridized carbons (Fsp3) is 0.727. The number of rotatable bonds is 9. The fourth-order valence-electron chi connectivity index (χ4n) is 1.28. The van der Waals surface area contributed by atoms with E-state index >= 15 is 0 Å². The van der Waals surface area contributed by atoms with Crippen LogP contribution in [0.4, 0.5) is 4.79 Å². The number of aliphatic carboxylic acids is 1. The summed E-state index contributed by atoms with van der Waals surface area (Å²) in [6.07, 6.45) is 0.638. The van der Waals surface area contributed by atoms with Crippen LogP contribution in [0.25, 0.3) is 0 Å². The SMILES string of the molecule is CCC(C)[C@H](NC(=O)NCCOCC(N)=O)C(=O)O. The number of hydrogen-bond acceptors (Lipinski definition) is 4. The van der Waals surface area contributed by atoms with Crippen molar-refractivity contribution in [3.05, 3.63) is 0 Å². The van der Waals surface area contributed by atoms with Gasteiger partial charge in [0.15, 0.2) is 0 Å². The third kappa shape index (κ3) is 7.98. The maximum atomic E-state index is 11.4. The van der Waals surface area contributed by atoms with E-state index in [1.165, 1.54) is 0 Å². The van der Waals surface area contributed by atoms with Crippen LogP contribution < -0.4 is 16.4 Å². The number of carbonyl (C=O) groups excluding carboxylic acids is 2. The van der Waals surface area contributed by atoms with Gasteiger partial charge in [-0.1, -0.05) is 20.3 Å². The molecule has 0 radical (unpaired) electrons. The molecule has 0 aromatic heterocycles. The molecule has 0 spiro atoms. The van der Waals surface area contributed by atoms with Crippen LogP contribution >= 0.6 is 0 Å². The summed E-state index contributed by atoms with van der Waals surface area (Å²) in [4.78, 5) is 32.8. The Morgan fingerprint density at radius 1 is 1.37 bits per heavy atom. The van der Waals surface area contributed by atoms with Crippen molar-refractivity contribution in [3.8, 4) is 0 Å². The lowest BCUT2D eigenvalue weighted by Gasteiger charge is -2.20. The molecule has 5 N–H and O–H groups in total. The molecule has 0 rings (SSSR count). The molecule has 0 aliphatic rings. The van der Waals surface area contributed by atoms with Crippen LogP contribution in [0, 0.1) is 5.92 Å². The van der Waals surface area contributed by atoms with Crippen LogP contribution in [0.5, 0.6) is 0 Å². The lowest BCUT2D eigenvalue weighted by atomic mass is 9.99. The maximum Gasteiger partial charge on any atom is 0.326 e. The van der Waals surface area contributed by atoms with Gasteiger partial charge >= 0.3 is 12.0 Å². The number of ether oxygens (including phenoxy) is 1. The van der Waals surface area contributed by atoms with Crippen LogP contribution in [0.1, 0.15) is 20.3 Å². The van der Waals surface area contributed by atoms with Crippen LogP contribution in [-0.4, -0.2) is 48.8 Å². The van der Waals surface area contributed by atoms with Crippen molar-refractivity contribution in [3.63, 3.8) is 0 Å². The molecular weight excluding hydrogens is 254 g/mol. The summed E-state index contributed by atoms with van der Waals surface area (Å²) in [5.74, 6) is -1.84. The number of nitrogens with one attached hydrogen (secondary N) is 2. The largest absolute Gasteiger partial charge is 0.480 e. The molecule has 0 aliphatic heterocycles. The lowest BCUT2D eigenvalue weighted by Crippen LogP contribution is -2.49. The zero-order valence-corrected chi connectivity index (χ0v) is 11.1. The molecule has 0 saturated carbocycles. The number of amides is 3. The second-order valence-electron chi connectivity index (χ2n) is 4.12. The number of carboxylic acids is 1. The van der Waals surface area contributed by atoms with Gasteiger partial charge in [-0.05, 0) is 5.92 Å². The smallest absolute Gasteiger partial charge is 0.326 e. The molecule has 1 unspecified atom stereocenters. The average molecular weight is 275 g/mol. The zero-order chi connectivity index (χ0) is 14.8. The Hall–Kier alpha value is -1.83. The third-order valence-electron chi connectivity index (χ3n) is 2.54. The van der Waals surface area contributed by atoms with E-state index in [4.69, 9.17) is 15.6 Å². The highest BCUT2D eigenvalue weighted by Gasteiger charge is 2.24. The van der Waals surface area contributed by atoms with Crippen molar-refractivity contribution in [2.75, 3.05) is 19.8 Å². The summed E-state index contributed by atoms with van der Waals surface area (Å²) in [7, 11) is 0. The number of carbonyl (C=O) groups is 3. The molecule has 110 valence electrons. The summed E-state index contributed by atoms with van der Waals surface area (Å²) in [5, 5.41) is 13.8. The average Bonchev–Trinajstić information content (AvgIpc) is 2.33. The predicted octanol–water partition coefficient (Wildman–Crippen LogP) is -0.713. The van der Waals surface area contributed by atoms with Gasteiger partial charge in [-0.15, -0.1) is 0 Å². The van der Waals surface area contributed by atoms with Crippen molar-refractivity contribution in [2.45, 2.75) is 26.3 Å². The zero-order valence-electron chi connectivity index (χ0n) is 11.1. The third-order valence-corrected chi connectivity index (χ3v) is 2.54. The van der Waals surface area contributed by atoms with E-state index in [9.17, 15) is 14.4 Å². The van der Waals surface area contributed by atoms with Crippen LogP contribution in [-0.2, 0) is 14.3 Å². The normalized spacial score (nSPS) is 13.4. The Morgan fingerprint density at radius 3 is 2.47 bits per heavy atom. The van der Waals surface area contributed by atoms with E-state index in [1.807, 2.05) is 6.92 Å². The van der Waals surface area contributed by atoms with E-state index < -0.39 is 23.9 Å². The van der Waals surface area contributed by atoms with Gasteiger partial charge in [-0.2, -0.15) is 0 Å². The lowest BCUT2D eigenvalue weighted by molar-refractivity contribution is -0.140. The Balaban J connectivity index is 3.94. The highest BCUT2D eigenvalue weighted by Crippen LogP contribution is 2.07. The summed E-state index contributed by atoms with van der Waals surface area (Å²) in [5.41, 5.74) is 4.85. The van der Waals surface area contributed by atoms with Gasteiger partial charge < -0.3 is 26.2 Å². The van der Waals surface area contributed by atoms with E-state index in [0.29, 0.717) is 6.42 Å². The minimum atomic E-state index is -1.07. The molecule has 0 aromatic rings. The Morgan fingerprint density at radius 2 is 2.00 bits per heavy atom. The first-order chi connectivity index (χ1) is 8.88. The number of nitrogens with two attached hydrogens (primary N) is 1. The predicted molar refractivity (Wildman–Crippen MR) is 67.4 cm³/mol. The molecule has 3 amide bonds. The van der Waals surface area contributed by atoms with E-state index in [2.05, 4.69) is 10.6 Å². The highest BCUT2D eigenvalue weighted by molar-refractivity contribution is 5.82. The minimum absolute atomic E-state index is 0.122. The van der Waals surface area contributed by atoms with Gasteiger partial charge in [0.2, 0.25) is 5.91 Å². The maximum absolute atomic E-state index is 11.4. The number of carboxylic acid groups (broad SMARTS) is 1. The molecule has 0 saturated heterocycles. The van der Waals surface area contributed by atoms with Gasteiger partial charge in [0.05, 0.1) is 6.61 Å². The Labute approximate surface area is 111 Å². The second kappa shape index (κ2) is 9.15. The minimum Gasteiger partial charge on any atom is -0.480 e. The highest BCUT2D eigenvalue weighted by atomic mass is 16.5. The van der Waals surface area contributed by atoms with Gasteiger partial charge in [0.1, 0.15) is 12.6 Å². The van der Waals surface area contributed by atoms with Crippen molar-refractivity contribution in [1.82, 2.24) is 10.6 Å². The van der Waals surface area contributed by atoms with Crippen LogP contribution in [0.2, 0.25) is 0 Å². The molecule has 0 heterocycles. The standard InChI is InChI=1S/C11H21N3O5/c1-3-7(2)9(10(16)17)14-11(18)13-4-5-19-6-8(12)15/h7,9H,3-6H2,1-2H3,(H2,12,15)(H,16,17)(H2,13,14,18)/t7?,9-/m0/s1. The molecular formula is C11H21N3O5. The molecule has 19 heavy (non-hydrogen) atoms. The molecule has 0 bridgehead atoms. The van der Waals surface area contributed by atoms with Crippen molar-refractivity contribution < 1.29 is 24.2 Å². The first-order valence-corrected chi connectivity index (χ1v) is 6.01. The number of urea groups is 1. The number of primary amides is 1. The van der Waals surface area contributed by atoms with Crippen molar-refractivity contribution in [2.24, 2.45) is 11.7 Å². The van der Waals surface area contributed by atoms with E-state index in [-0.39, 0.29) is 25.7 Å². The number of hydrogen-bond donors (Lipinski definition) is 4. The molecule has 8 heteroatoms. The van der Waals surface area contributed by atoms with Gasteiger partial charge in [-0.3, -0.25) is 4.79 Å². The molecule has 2 atom stereocenters. The van der Waals surface area contributed by atoms with Crippen LogP contribution in [0.3, 0.4) is 0 Å². The monoisotopic (exact) mass is 275 g/mol. The quantitative estimate of drug-likeness (QED) is 0.413. The topological polar surface area (TPSA) is 131 Å². The fourth-order valence-corrected chi connectivity index (χ4v) is 1.28. The summed E-state index contributed by atoms with van der Waals surface area (Å²) < 4.78 is 4.83. The van der Waals surface area contributed by atoms with Gasteiger partial charge in [0, 0.05) is 6.54 Å². The van der Waals surface area contributed by atoms with Crippen molar-refractivity contribution in [1.29, 1.82) is 0 Å².